The zero-order valence-corrected chi connectivity index (χ0v) is 17.6. The van der Waals surface area contributed by atoms with Gasteiger partial charge in [0, 0.05) is 23.2 Å². The Morgan fingerprint density at radius 1 is 1.13 bits per heavy atom. The molecule has 0 fully saturated rings. The Bertz CT molecular complexity index is 1020. The summed E-state index contributed by atoms with van der Waals surface area (Å²) >= 11 is 1.32. The second kappa shape index (κ2) is 9.84. The van der Waals surface area contributed by atoms with Crippen LogP contribution in [0.15, 0.2) is 48.0 Å². The Labute approximate surface area is 177 Å². The Morgan fingerprint density at radius 3 is 2.63 bits per heavy atom. The number of thiazole rings is 1. The van der Waals surface area contributed by atoms with E-state index in [0.717, 1.165) is 0 Å². The number of ether oxygens (including phenoxy) is 3. The van der Waals surface area contributed by atoms with Crippen molar-refractivity contribution in [1.29, 1.82) is 0 Å². The van der Waals surface area contributed by atoms with E-state index < -0.39 is 17.9 Å². The van der Waals surface area contributed by atoms with Gasteiger partial charge < -0.3 is 19.5 Å². The average molecular weight is 427 g/mol. The van der Waals surface area contributed by atoms with Crippen LogP contribution < -0.4 is 14.8 Å². The minimum absolute atomic E-state index is 0.0673. The highest BCUT2D eigenvalue weighted by Gasteiger charge is 2.24. The lowest BCUT2D eigenvalue weighted by Gasteiger charge is -2.20. The molecule has 8 nitrogen and oxygen atoms in total. The van der Waals surface area contributed by atoms with Crippen LogP contribution in [-0.2, 0) is 9.53 Å². The molecule has 1 amide bonds. The summed E-state index contributed by atoms with van der Waals surface area (Å²) < 4.78 is 15.4. The van der Waals surface area contributed by atoms with Gasteiger partial charge in [-0.25, -0.2) is 4.98 Å². The quantitative estimate of drug-likeness (QED) is 0.551. The average Bonchev–Trinajstić information content (AvgIpc) is 3.29. The molecule has 30 heavy (non-hydrogen) atoms. The first-order valence-corrected chi connectivity index (χ1v) is 9.90. The number of nitrogens with one attached hydrogen (secondary N) is 1. The molecular weight excluding hydrogens is 406 g/mol. The molecule has 0 radical (unpaired) electrons. The number of nitrogens with zero attached hydrogens (tertiary/aromatic N) is 2. The first-order valence-electron chi connectivity index (χ1n) is 9.02. The van der Waals surface area contributed by atoms with Crippen LogP contribution >= 0.6 is 11.3 Å². The summed E-state index contributed by atoms with van der Waals surface area (Å²) in [5.41, 5.74) is 1.55. The van der Waals surface area contributed by atoms with Crippen molar-refractivity contribution in [2.75, 3.05) is 21.3 Å². The van der Waals surface area contributed by atoms with E-state index in [2.05, 4.69) is 15.3 Å². The summed E-state index contributed by atoms with van der Waals surface area (Å²) in [6.45, 7) is 0. The topological polar surface area (TPSA) is 99.6 Å². The summed E-state index contributed by atoms with van der Waals surface area (Å²) in [5, 5.41) is 5.14. The summed E-state index contributed by atoms with van der Waals surface area (Å²) in [4.78, 5) is 33.4. The maximum absolute atomic E-state index is 12.9. The third kappa shape index (κ3) is 4.93. The number of carbonyl (C=O) groups is 2. The van der Waals surface area contributed by atoms with Gasteiger partial charge in [-0.05, 0) is 24.3 Å². The second-order valence-electron chi connectivity index (χ2n) is 6.17. The minimum Gasteiger partial charge on any atom is -0.497 e. The Kier molecular flexibility index (Phi) is 6.97. The molecular formula is C21H21N3O5S. The van der Waals surface area contributed by atoms with Gasteiger partial charge in [0.25, 0.3) is 5.91 Å². The monoisotopic (exact) mass is 427 g/mol. The van der Waals surface area contributed by atoms with Crippen molar-refractivity contribution in [3.63, 3.8) is 0 Å². The normalized spacial score (nSPS) is 11.4. The van der Waals surface area contributed by atoms with Crippen LogP contribution in [0.5, 0.6) is 11.5 Å². The molecule has 0 saturated heterocycles. The second-order valence-corrected chi connectivity index (χ2v) is 7.03. The van der Waals surface area contributed by atoms with Gasteiger partial charge in [-0.15, -0.1) is 11.3 Å². The molecule has 1 aromatic carbocycles. The number of carbonyl (C=O) groups excluding carboxylic acids is 2. The maximum Gasteiger partial charge on any atom is 0.307 e. The number of aromatic nitrogens is 2. The number of pyridine rings is 1. The first-order chi connectivity index (χ1) is 14.5. The van der Waals surface area contributed by atoms with Gasteiger partial charge in [-0.3, -0.25) is 14.6 Å². The van der Waals surface area contributed by atoms with Crippen molar-refractivity contribution in [2.24, 2.45) is 0 Å². The standard InChI is InChI=1S/C21H21N3O5S/c1-27-13-7-8-14(18(10-13)28-2)16(11-19(25)29-3)23-20(26)17-12-30-21(24-17)15-6-4-5-9-22-15/h4-10,12,16H,11H2,1-3H3,(H,23,26)/t16-/m1/s1. The van der Waals surface area contributed by atoms with E-state index in [1.165, 1.54) is 25.6 Å². The molecule has 9 heteroatoms. The molecule has 1 atom stereocenters. The van der Waals surface area contributed by atoms with E-state index in [4.69, 9.17) is 14.2 Å². The van der Waals surface area contributed by atoms with Crippen molar-refractivity contribution in [2.45, 2.75) is 12.5 Å². The molecule has 0 saturated carbocycles. The number of methoxy groups -OCH3 is 3. The molecule has 0 aliphatic rings. The van der Waals surface area contributed by atoms with Gasteiger partial charge >= 0.3 is 5.97 Å². The van der Waals surface area contributed by atoms with Gasteiger partial charge in [0.2, 0.25) is 0 Å². The third-order valence-electron chi connectivity index (χ3n) is 4.34. The summed E-state index contributed by atoms with van der Waals surface area (Å²) in [6.07, 6.45) is 1.60. The van der Waals surface area contributed by atoms with E-state index in [1.807, 2.05) is 18.2 Å². The van der Waals surface area contributed by atoms with E-state index >= 15 is 0 Å². The van der Waals surface area contributed by atoms with Crippen molar-refractivity contribution < 1.29 is 23.8 Å². The smallest absolute Gasteiger partial charge is 0.307 e. The van der Waals surface area contributed by atoms with Crippen LogP contribution in [0, 0.1) is 0 Å². The molecule has 0 bridgehead atoms. The predicted molar refractivity (Wildman–Crippen MR) is 112 cm³/mol. The van der Waals surface area contributed by atoms with Gasteiger partial charge in [0.05, 0.1) is 39.5 Å². The highest BCUT2D eigenvalue weighted by Crippen LogP contribution is 2.32. The minimum atomic E-state index is -0.675. The molecule has 156 valence electrons. The van der Waals surface area contributed by atoms with Gasteiger partial charge in [0.1, 0.15) is 22.2 Å². The molecule has 2 aromatic heterocycles. The molecule has 0 aliphatic heterocycles. The van der Waals surface area contributed by atoms with E-state index in [1.54, 1.807) is 36.9 Å². The van der Waals surface area contributed by atoms with Crippen LogP contribution in [0.3, 0.4) is 0 Å². The van der Waals surface area contributed by atoms with Crippen molar-refractivity contribution in [3.05, 3.63) is 59.2 Å². The fourth-order valence-electron chi connectivity index (χ4n) is 2.81. The number of amides is 1. The fraction of sp³-hybridized carbons (Fsp3) is 0.238. The number of rotatable bonds is 8. The van der Waals surface area contributed by atoms with Crippen molar-refractivity contribution in [3.8, 4) is 22.2 Å². The summed E-state index contributed by atoms with van der Waals surface area (Å²) in [5.74, 6) is 0.195. The molecule has 0 aliphatic carbocycles. The SMILES string of the molecule is COC(=O)C[C@@H](NC(=O)c1csc(-c2ccccn2)n1)c1ccc(OC)cc1OC. The van der Waals surface area contributed by atoms with E-state index in [-0.39, 0.29) is 12.1 Å². The zero-order valence-electron chi connectivity index (χ0n) is 16.7. The van der Waals surface area contributed by atoms with Gasteiger partial charge in [-0.1, -0.05) is 6.07 Å². The van der Waals surface area contributed by atoms with E-state index in [0.29, 0.717) is 27.8 Å². The molecule has 1 N–H and O–H groups in total. The van der Waals surface area contributed by atoms with Crippen molar-refractivity contribution >= 4 is 23.2 Å². The highest BCUT2D eigenvalue weighted by atomic mass is 32.1. The van der Waals surface area contributed by atoms with Crippen LogP contribution in [0.1, 0.15) is 28.5 Å². The van der Waals surface area contributed by atoms with Crippen molar-refractivity contribution in [1.82, 2.24) is 15.3 Å². The predicted octanol–water partition coefficient (Wildman–Crippen LogP) is 3.26. The lowest BCUT2D eigenvalue weighted by molar-refractivity contribution is -0.141. The fourth-order valence-corrected chi connectivity index (χ4v) is 3.59. The molecule has 0 unspecified atom stereocenters. The Morgan fingerprint density at radius 2 is 1.97 bits per heavy atom. The van der Waals surface area contributed by atoms with Crippen LogP contribution in [0.2, 0.25) is 0 Å². The molecule has 3 rings (SSSR count). The molecule has 0 spiro atoms. The highest BCUT2D eigenvalue weighted by molar-refractivity contribution is 7.13. The van der Waals surface area contributed by atoms with Crippen LogP contribution in [0.25, 0.3) is 10.7 Å². The number of hydrogen-bond acceptors (Lipinski definition) is 8. The molecule has 3 aromatic rings. The number of esters is 1. The van der Waals surface area contributed by atoms with Crippen LogP contribution in [-0.4, -0.2) is 43.2 Å². The summed E-state index contributed by atoms with van der Waals surface area (Å²) in [6, 6.07) is 9.97. The molecule has 2 heterocycles. The number of hydrogen-bond donors (Lipinski definition) is 1. The number of benzene rings is 1. The van der Waals surface area contributed by atoms with E-state index in [9.17, 15) is 9.59 Å². The largest absolute Gasteiger partial charge is 0.497 e. The van der Waals surface area contributed by atoms with Crippen LogP contribution in [0.4, 0.5) is 0 Å². The first kappa shape index (κ1) is 21.3. The Balaban J connectivity index is 1.86. The van der Waals surface area contributed by atoms with Gasteiger partial charge in [0.15, 0.2) is 0 Å². The lowest BCUT2D eigenvalue weighted by atomic mass is 10.0. The summed E-state index contributed by atoms with van der Waals surface area (Å²) in [7, 11) is 4.35. The zero-order chi connectivity index (χ0) is 21.5. The Hall–Kier alpha value is -3.46. The lowest BCUT2D eigenvalue weighted by Crippen LogP contribution is -2.31. The van der Waals surface area contributed by atoms with Gasteiger partial charge in [-0.2, -0.15) is 0 Å². The maximum atomic E-state index is 12.9. The third-order valence-corrected chi connectivity index (χ3v) is 5.21.